The summed E-state index contributed by atoms with van der Waals surface area (Å²) < 4.78 is 11.5. The Bertz CT molecular complexity index is 9950. The minimum Gasteiger partial charge on any atom is -0.456 e. The number of hydrogen-bond acceptors (Lipinski definition) is 12. The molecule has 6 heterocycles. The number of rotatable bonds is 12. The SMILES string of the molecule is c1ccc(-c2nc(-c3ccccc3)nc(-c3cccc4c5ccccc5c5ccc(-c6ccc7c(c6)oc6ccccc67)cc5c34)n2)cc1.c1ccc(-c2nc(-c3ccccc3)nc(-c3cccc4c5ccccc5c5ccc(-c6ccc7c(c6)sc6ccccc67)cc5c34)n2)cc1.c1ccc(-c2nc(-c3ccccc3)nc(-c3cccc4c5ccccc5c5ccc(-c6ccc7sc8ccccc8c7c6)cc5c34)n2)cc1. The largest absolute Gasteiger partial charge is 0.456 e. The molecule has 24 aromatic carbocycles. The van der Waals surface area contributed by atoms with Crippen LogP contribution in [0.3, 0.4) is 0 Å². The topological polar surface area (TPSA) is 129 Å². The lowest BCUT2D eigenvalue weighted by molar-refractivity contribution is 0.669. The summed E-state index contributed by atoms with van der Waals surface area (Å²) in [6, 6.07) is 173. The molecular formula is C135H81N9OS2. The van der Waals surface area contributed by atoms with E-state index in [1.165, 1.54) is 133 Å². The summed E-state index contributed by atoms with van der Waals surface area (Å²) in [7, 11) is 0. The molecule has 0 fully saturated rings. The van der Waals surface area contributed by atoms with Crippen LogP contribution in [0.25, 0.3) is 295 Å². The average Bonchev–Trinajstić information content (AvgIpc) is 1.69. The second kappa shape index (κ2) is 36.1. The molecule has 6 aromatic heterocycles. The van der Waals surface area contributed by atoms with Crippen LogP contribution >= 0.6 is 22.7 Å². The molecule has 0 atom stereocenters. The van der Waals surface area contributed by atoms with E-state index in [0.29, 0.717) is 52.4 Å². The molecule has 0 amide bonds. The van der Waals surface area contributed by atoms with Gasteiger partial charge in [-0.25, -0.2) is 44.9 Å². The molecule has 684 valence electrons. The van der Waals surface area contributed by atoms with Crippen molar-refractivity contribution >= 4 is 182 Å². The molecule has 0 unspecified atom stereocenters. The lowest BCUT2D eigenvalue weighted by Crippen LogP contribution is -2.00. The Labute approximate surface area is 852 Å². The van der Waals surface area contributed by atoms with Crippen LogP contribution < -0.4 is 0 Å². The number of nitrogens with zero attached hydrogens (tertiary/aromatic N) is 9. The molecule has 147 heavy (non-hydrogen) atoms. The molecule has 10 nitrogen and oxygen atoms in total. The van der Waals surface area contributed by atoms with E-state index >= 15 is 0 Å². The molecule has 0 N–H and O–H groups in total. The lowest BCUT2D eigenvalue weighted by Gasteiger charge is -2.16. The number of aromatic nitrogens is 9. The van der Waals surface area contributed by atoms with Crippen LogP contribution in [0.1, 0.15) is 0 Å². The molecule has 0 aliphatic carbocycles. The smallest absolute Gasteiger partial charge is 0.164 e. The molecule has 0 saturated heterocycles. The van der Waals surface area contributed by atoms with E-state index in [-0.39, 0.29) is 0 Å². The first-order valence-corrected chi connectivity index (χ1v) is 51.0. The van der Waals surface area contributed by atoms with Gasteiger partial charge in [0.2, 0.25) is 0 Å². The third kappa shape index (κ3) is 15.4. The zero-order valence-corrected chi connectivity index (χ0v) is 80.6. The van der Waals surface area contributed by atoms with Crippen molar-refractivity contribution < 1.29 is 4.42 Å². The van der Waals surface area contributed by atoms with Gasteiger partial charge in [-0.3, -0.25) is 0 Å². The van der Waals surface area contributed by atoms with E-state index in [1.54, 1.807) is 0 Å². The van der Waals surface area contributed by atoms with E-state index < -0.39 is 0 Å². The molecule has 30 aromatic rings. The van der Waals surface area contributed by atoms with Gasteiger partial charge in [0.25, 0.3) is 0 Å². The van der Waals surface area contributed by atoms with Gasteiger partial charge in [0, 0.05) is 117 Å². The van der Waals surface area contributed by atoms with E-state index in [4.69, 9.17) is 49.3 Å². The Morgan fingerprint density at radius 2 is 0.347 bits per heavy atom. The maximum atomic E-state index is 6.28. The first-order chi connectivity index (χ1) is 72.8. The number of para-hydroxylation sites is 1. The third-order valence-corrected chi connectivity index (χ3v) is 30.8. The highest BCUT2D eigenvalue weighted by Crippen LogP contribution is 2.49. The second-order valence-corrected chi connectivity index (χ2v) is 39.3. The molecule has 12 heteroatoms. The average molecular weight is 1910 g/mol. The summed E-state index contributed by atoms with van der Waals surface area (Å²) in [5, 5.41) is 28.8. The number of thiophene rings is 2. The summed E-state index contributed by atoms with van der Waals surface area (Å²) >= 11 is 3.71. The van der Waals surface area contributed by atoms with Gasteiger partial charge in [-0.2, -0.15) is 0 Å². The van der Waals surface area contributed by atoms with Gasteiger partial charge < -0.3 is 4.42 Å². The summed E-state index contributed by atoms with van der Waals surface area (Å²) in [5.41, 5.74) is 17.4. The standard InChI is InChI=1S/C45H27N3O.2C45H27N3S/c1-3-12-28(13-4-1)43-46-44(29-14-5-2-6-15-29)48-45(47-43)38-20-11-19-37-33-17-8-7-16-32(33)34-24-22-30(26-39(34)42(37)38)31-23-25-36-35-18-9-10-21-40(35)49-41(36)27-31;1-3-12-28(13-4-1)43-46-44(29-14-5-2-6-15-29)48-45(47-43)37-20-11-19-36-33-17-8-7-16-32(33)34-24-22-30(27-39(34)42(36)37)31-23-25-41-38(26-31)35-18-9-10-21-40(35)49-41;1-3-12-28(13-4-1)43-46-44(29-14-5-2-6-15-29)48-45(47-43)38-20-11-19-37-33-17-8-7-16-32(33)34-24-22-30(26-39(34)42(37)38)31-23-25-36-35-18-9-10-21-40(35)49-41(36)27-31/h3*1-27H. The fourth-order valence-electron chi connectivity index (χ4n) is 21.6. The Balaban J connectivity index is 0.000000107. The van der Waals surface area contributed by atoms with Crippen molar-refractivity contribution in [3.63, 3.8) is 0 Å². The van der Waals surface area contributed by atoms with E-state index in [2.05, 4.69) is 346 Å². The molecule has 0 saturated carbocycles. The van der Waals surface area contributed by atoms with Crippen molar-refractivity contribution in [2.45, 2.75) is 0 Å². The van der Waals surface area contributed by atoms with Crippen LogP contribution in [0.2, 0.25) is 0 Å². The van der Waals surface area contributed by atoms with Gasteiger partial charge in [-0.15, -0.1) is 22.7 Å². The highest BCUT2D eigenvalue weighted by molar-refractivity contribution is 7.26. The maximum Gasteiger partial charge on any atom is 0.164 e. The Morgan fingerprint density at radius 3 is 0.707 bits per heavy atom. The highest BCUT2D eigenvalue weighted by atomic mass is 32.1. The molecular weight excluding hydrogens is 1830 g/mol. The predicted octanol–water partition coefficient (Wildman–Crippen LogP) is 36.6. The summed E-state index contributed by atoms with van der Waals surface area (Å²) in [6.07, 6.45) is 0. The summed E-state index contributed by atoms with van der Waals surface area (Å²) in [6.45, 7) is 0. The Hall–Kier alpha value is -19.1. The van der Waals surface area contributed by atoms with Crippen LogP contribution in [0, 0.1) is 0 Å². The van der Waals surface area contributed by atoms with Gasteiger partial charge in [-0.1, -0.05) is 425 Å². The number of benzene rings is 24. The molecule has 0 aliphatic heterocycles. The van der Waals surface area contributed by atoms with E-state index in [1.807, 2.05) is 168 Å². The minimum absolute atomic E-state index is 0.643. The van der Waals surface area contributed by atoms with Crippen molar-refractivity contribution in [1.82, 2.24) is 44.9 Å². The normalized spacial score (nSPS) is 11.7. The first-order valence-electron chi connectivity index (χ1n) is 49.3. The fraction of sp³-hybridized carbons (Fsp3) is 0. The quantitative estimate of drug-likeness (QED) is 0.109. The zero-order valence-electron chi connectivity index (χ0n) is 79.0. The van der Waals surface area contributed by atoms with Gasteiger partial charge in [0.05, 0.1) is 0 Å². The van der Waals surface area contributed by atoms with E-state index in [0.717, 1.165) is 110 Å². The number of fused-ring (bicyclic) bond motifs is 27. The molecule has 0 bridgehead atoms. The Kier molecular flexibility index (Phi) is 21.1. The first kappa shape index (κ1) is 85.8. The number of furan rings is 1. The van der Waals surface area contributed by atoms with Crippen molar-refractivity contribution in [2.75, 3.05) is 0 Å². The molecule has 0 spiro atoms. The number of hydrogen-bond donors (Lipinski definition) is 0. The van der Waals surface area contributed by atoms with Gasteiger partial charge in [-0.05, 0) is 181 Å². The van der Waals surface area contributed by atoms with Crippen molar-refractivity contribution in [2.24, 2.45) is 0 Å². The van der Waals surface area contributed by atoms with Gasteiger partial charge in [0.15, 0.2) is 52.4 Å². The summed E-state index contributed by atoms with van der Waals surface area (Å²) in [4.78, 5) is 45.8. The van der Waals surface area contributed by atoms with Crippen LogP contribution in [0.4, 0.5) is 0 Å². The van der Waals surface area contributed by atoms with Gasteiger partial charge in [0.1, 0.15) is 11.2 Å². The van der Waals surface area contributed by atoms with Crippen LogP contribution in [0.5, 0.6) is 0 Å². The van der Waals surface area contributed by atoms with Crippen molar-refractivity contribution in [3.05, 3.63) is 491 Å². The second-order valence-electron chi connectivity index (χ2n) is 37.1. The third-order valence-electron chi connectivity index (χ3n) is 28.5. The molecule has 30 rings (SSSR count). The van der Waals surface area contributed by atoms with Crippen LogP contribution in [-0.4, -0.2) is 44.9 Å². The monoisotopic (exact) mass is 1910 g/mol. The fourth-order valence-corrected chi connectivity index (χ4v) is 23.9. The summed E-state index contributed by atoms with van der Waals surface area (Å²) in [5.74, 6) is 5.87. The predicted molar refractivity (Wildman–Crippen MR) is 615 cm³/mol. The van der Waals surface area contributed by atoms with Crippen LogP contribution in [-0.2, 0) is 0 Å². The Morgan fingerprint density at radius 1 is 0.122 bits per heavy atom. The zero-order chi connectivity index (χ0) is 96.9. The highest BCUT2D eigenvalue weighted by Gasteiger charge is 2.26. The van der Waals surface area contributed by atoms with Gasteiger partial charge >= 0.3 is 0 Å². The van der Waals surface area contributed by atoms with Crippen molar-refractivity contribution in [3.8, 4) is 136 Å². The molecule has 0 radical (unpaired) electrons. The lowest BCUT2D eigenvalue weighted by atomic mass is 9.89. The van der Waals surface area contributed by atoms with E-state index in [9.17, 15) is 0 Å². The molecule has 0 aliphatic rings. The minimum atomic E-state index is 0.643. The van der Waals surface area contributed by atoms with Crippen LogP contribution in [0.15, 0.2) is 496 Å². The van der Waals surface area contributed by atoms with Crippen molar-refractivity contribution in [1.29, 1.82) is 0 Å². The maximum absolute atomic E-state index is 6.28.